The number of amides is 2. The third-order valence-electron chi connectivity index (χ3n) is 5.11. The number of esters is 1. The van der Waals surface area contributed by atoms with Crippen LogP contribution in [0.15, 0.2) is 72.8 Å². The molecule has 6 nitrogen and oxygen atoms in total. The van der Waals surface area contributed by atoms with Crippen molar-refractivity contribution in [2.75, 3.05) is 11.9 Å². The first-order chi connectivity index (χ1) is 16.5. The topological polar surface area (TPSA) is 84.5 Å². The van der Waals surface area contributed by atoms with Crippen LogP contribution in [0.5, 0.6) is 0 Å². The van der Waals surface area contributed by atoms with E-state index in [1.54, 1.807) is 36.4 Å². The summed E-state index contributed by atoms with van der Waals surface area (Å²) in [6.45, 7) is 3.12. The van der Waals surface area contributed by atoms with Gasteiger partial charge in [-0.15, -0.1) is 0 Å². The molecule has 0 aliphatic heterocycles. The summed E-state index contributed by atoms with van der Waals surface area (Å²) in [5, 5.41) is 5.06. The van der Waals surface area contributed by atoms with Gasteiger partial charge < -0.3 is 15.4 Å². The number of benzene rings is 3. The van der Waals surface area contributed by atoms with Crippen molar-refractivity contribution in [2.24, 2.45) is 0 Å². The Morgan fingerprint density at radius 2 is 1.57 bits per heavy atom. The van der Waals surface area contributed by atoms with E-state index < -0.39 is 42.2 Å². The fraction of sp³-hybridized carbons (Fsp3) is 0.192. The molecule has 9 heteroatoms. The molecule has 182 valence electrons. The van der Waals surface area contributed by atoms with Crippen molar-refractivity contribution in [1.29, 1.82) is 0 Å². The Bertz CT molecular complexity index is 1210. The molecule has 0 aliphatic rings. The van der Waals surface area contributed by atoms with Crippen LogP contribution in [0.2, 0.25) is 0 Å². The number of alkyl halides is 3. The fourth-order valence-electron chi connectivity index (χ4n) is 3.21. The summed E-state index contributed by atoms with van der Waals surface area (Å²) in [6.07, 6.45) is -5.81. The van der Waals surface area contributed by atoms with Gasteiger partial charge in [-0.25, -0.2) is 0 Å². The van der Waals surface area contributed by atoms with Crippen LogP contribution in [0, 0.1) is 13.8 Å². The average molecular weight is 484 g/mol. The van der Waals surface area contributed by atoms with E-state index in [-0.39, 0.29) is 5.56 Å². The van der Waals surface area contributed by atoms with Crippen LogP contribution in [0.3, 0.4) is 0 Å². The first-order valence-corrected chi connectivity index (χ1v) is 10.6. The van der Waals surface area contributed by atoms with Crippen molar-refractivity contribution in [2.45, 2.75) is 26.1 Å². The van der Waals surface area contributed by atoms with Crippen LogP contribution < -0.4 is 10.6 Å². The fourth-order valence-corrected chi connectivity index (χ4v) is 3.21. The lowest BCUT2D eigenvalue weighted by Crippen LogP contribution is -2.33. The third kappa shape index (κ3) is 6.92. The lowest BCUT2D eigenvalue weighted by Gasteiger charge is -2.19. The van der Waals surface area contributed by atoms with Gasteiger partial charge in [0.2, 0.25) is 6.10 Å². The minimum absolute atomic E-state index is 0.0573. The molecule has 0 aliphatic carbocycles. The highest BCUT2D eigenvalue weighted by atomic mass is 19.4. The van der Waals surface area contributed by atoms with Gasteiger partial charge in [0.05, 0.1) is 5.56 Å². The van der Waals surface area contributed by atoms with Crippen molar-refractivity contribution in [3.8, 4) is 0 Å². The van der Waals surface area contributed by atoms with Gasteiger partial charge in [-0.05, 0) is 55.3 Å². The van der Waals surface area contributed by atoms with E-state index in [1.807, 2.05) is 26.0 Å². The first-order valence-electron chi connectivity index (χ1n) is 10.6. The number of ether oxygens (including phenoxy) is 1. The van der Waals surface area contributed by atoms with E-state index in [0.717, 1.165) is 35.4 Å². The van der Waals surface area contributed by atoms with Crippen molar-refractivity contribution >= 4 is 23.5 Å². The van der Waals surface area contributed by atoms with Gasteiger partial charge in [-0.3, -0.25) is 14.4 Å². The van der Waals surface area contributed by atoms with Crippen molar-refractivity contribution in [1.82, 2.24) is 5.32 Å². The second-order valence-electron chi connectivity index (χ2n) is 7.85. The van der Waals surface area contributed by atoms with Gasteiger partial charge in [0.25, 0.3) is 11.8 Å². The lowest BCUT2D eigenvalue weighted by atomic mass is 10.1. The Morgan fingerprint density at radius 3 is 2.20 bits per heavy atom. The maximum atomic E-state index is 13.0. The van der Waals surface area contributed by atoms with Crippen LogP contribution in [-0.4, -0.2) is 24.3 Å². The predicted molar refractivity (Wildman–Crippen MR) is 124 cm³/mol. The predicted octanol–water partition coefficient (Wildman–Crippen LogP) is 4.98. The number of carbonyl (C=O) groups is 3. The zero-order chi connectivity index (χ0) is 25.6. The van der Waals surface area contributed by atoms with Crippen LogP contribution in [0.1, 0.15) is 38.7 Å². The minimum atomic E-state index is -4.52. The maximum absolute atomic E-state index is 13.0. The standard InChI is InChI=1S/C26H23F3N2O4/c1-16-8-9-17(2)21(14-16)31-25(34)23(18-6-4-3-5-7-18)35-22(32)15-30-24(33)19-10-12-20(13-11-19)26(27,28)29/h3-14,23H,15H2,1-2H3,(H,30,33)(H,31,34). The highest BCUT2D eigenvalue weighted by Gasteiger charge is 2.30. The number of rotatable bonds is 7. The molecule has 35 heavy (non-hydrogen) atoms. The molecule has 0 radical (unpaired) electrons. The molecule has 0 fully saturated rings. The summed E-state index contributed by atoms with van der Waals surface area (Å²) in [5.41, 5.74) is 1.81. The number of hydrogen-bond acceptors (Lipinski definition) is 4. The molecular formula is C26H23F3N2O4. The zero-order valence-electron chi connectivity index (χ0n) is 19.0. The van der Waals surface area contributed by atoms with E-state index >= 15 is 0 Å². The molecule has 2 amide bonds. The van der Waals surface area contributed by atoms with Gasteiger partial charge in [-0.1, -0.05) is 42.5 Å². The summed E-state index contributed by atoms with van der Waals surface area (Å²) < 4.78 is 43.4. The number of hydrogen-bond donors (Lipinski definition) is 2. The largest absolute Gasteiger partial charge is 0.446 e. The number of carbonyl (C=O) groups excluding carboxylic acids is 3. The summed E-state index contributed by atoms with van der Waals surface area (Å²) in [7, 11) is 0. The van der Waals surface area contributed by atoms with E-state index in [0.29, 0.717) is 11.3 Å². The molecule has 0 saturated carbocycles. The summed E-state index contributed by atoms with van der Waals surface area (Å²) in [6, 6.07) is 17.5. The normalized spacial score (nSPS) is 11.9. The number of nitrogens with one attached hydrogen (secondary N) is 2. The molecule has 0 saturated heterocycles. The van der Waals surface area contributed by atoms with E-state index in [2.05, 4.69) is 10.6 Å². The number of aryl methyl sites for hydroxylation is 2. The Hall–Kier alpha value is -4.14. The minimum Gasteiger partial charge on any atom is -0.446 e. The van der Waals surface area contributed by atoms with Crippen molar-refractivity contribution in [3.63, 3.8) is 0 Å². The molecule has 3 aromatic carbocycles. The first kappa shape index (κ1) is 25.5. The van der Waals surface area contributed by atoms with Gasteiger partial charge in [0.1, 0.15) is 6.54 Å². The molecular weight excluding hydrogens is 461 g/mol. The third-order valence-corrected chi connectivity index (χ3v) is 5.11. The van der Waals surface area contributed by atoms with Crippen LogP contribution >= 0.6 is 0 Å². The molecule has 2 N–H and O–H groups in total. The van der Waals surface area contributed by atoms with Gasteiger partial charge in [-0.2, -0.15) is 13.2 Å². The van der Waals surface area contributed by atoms with Gasteiger partial charge in [0, 0.05) is 16.8 Å². The highest BCUT2D eigenvalue weighted by Crippen LogP contribution is 2.29. The van der Waals surface area contributed by atoms with Crippen molar-refractivity contribution in [3.05, 3.63) is 101 Å². The summed E-state index contributed by atoms with van der Waals surface area (Å²) in [5.74, 6) is -2.23. The lowest BCUT2D eigenvalue weighted by molar-refractivity contribution is -0.153. The van der Waals surface area contributed by atoms with E-state index in [4.69, 9.17) is 4.74 Å². The molecule has 0 bridgehead atoms. The average Bonchev–Trinajstić information content (AvgIpc) is 2.83. The molecule has 3 rings (SSSR count). The SMILES string of the molecule is Cc1ccc(C)c(NC(=O)C(OC(=O)CNC(=O)c2ccc(C(F)(F)F)cc2)c2ccccc2)c1. The smallest absolute Gasteiger partial charge is 0.416 e. The Morgan fingerprint density at radius 1 is 0.914 bits per heavy atom. The van der Waals surface area contributed by atoms with Crippen molar-refractivity contribution < 1.29 is 32.3 Å². The Labute approximate surface area is 200 Å². The molecule has 1 atom stereocenters. The molecule has 0 heterocycles. The van der Waals surface area contributed by atoms with Crippen LogP contribution in [0.4, 0.5) is 18.9 Å². The van der Waals surface area contributed by atoms with E-state index in [1.165, 1.54) is 0 Å². The van der Waals surface area contributed by atoms with Gasteiger partial charge >= 0.3 is 12.1 Å². The summed E-state index contributed by atoms with van der Waals surface area (Å²) >= 11 is 0. The molecule has 0 spiro atoms. The second-order valence-corrected chi connectivity index (χ2v) is 7.85. The highest BCUT2D eigenvalue weighted by molar-refractivity contribution is 5.98. The Kier molecular flexibility index (Phi) is 7.91. The summed E-state index contributed by atoms with van der Waals surface area (Å²) in [4.78, 5) is 37.7. The maximum Gasteiger partial charge on any atom is 0.416 e. The zero-order valence-corrected chi connectivity index (χ0v) is 19.0. The molecule has 3 aromatic rings. The quantitative estimate of drug-likeness (QED) is 0.464. The van der Waals surface area contributed by atoms with Gasteiger partial charge in [0.15, 0.2) is 0 Å². The van der Waals surface area contributed by atoms with E-state index in [9.17, 15) is 27.6 Å². The molecule has 0 aromatic heterocycles. The van der Waals surface area contributed by atoms with Crippen LogP contribution in [-0.2, 0) is 20.5 Å². The second kappa shape index (κ2) is 10.9. The monoisotopic (exact) mass is 484 g/mol. The Balaban J connectivity index is 1.67. The number of anilines is 1. The number of halogens is 3. The molecule has 1 unspecified atom stereocenters. The van der Waals surface area contributed by atoms with Crippen LogP contribution in [0.25, 0.3) is 0 Å².